The number of benzene rings is 3. The van der Waals surface area contributed by atoms with Gasteiger partial charge >= 0.3 is 6.03 Å². The molecule has 1 heterocycles. The SMILES string of the molecule is COc1ccc(CCN2Cc3cc(NC(=O)Nc4cccc(Cl)c4)ccc3OC(C)C2=O)cc1OC. The molecule has 3 aromatic rings. The Morgan fingerprint density at radius 2 is 1.78 bits per heavy atom. The molecule has 0 fully saturated rings. The predicted octanol–water partition coefficient (Wildman–Crippen LogP) is 5.35. The molecule has 0 saturated carbocycles. The minimum atomic E-state index is -0.624. The van der Waals surface area contributed by atoms with Crippen LogP contribution < -0.4 is 24.8 Å². The van der Waals surface area contributed by atoms with E-state index in [0.29, 0.717) is 53.2 Å². The highest BCUT2D eigenvalue weighted by Crippen LogP contribution is 2.30. The number of hydrogen-bond donors (Lipinski definition) is 2. The summed E-state index contributed by atoms with van der Waals surface area (Å²) in [5.74, 6) is 1.82. The third-order valence-corrected chi connectivity index (χ3v) is 6.08. The third-order valence-electron chi connectivity index (χ3n) is 5.84. The van der Waals surface area contributed by atoms with Crippen molar-refractivity contribution in [2.45, 2.75) is 26.0 Å². The fourth-order valence-corrected chi connectivity index (χ4v) is 4.22. The molecule has 1 aliphatic heterocycles. The van der Waals surface area contributed by atoms with Crippen LogP contribution in [0.1, 0.15) is 18.1 Å². The summed E-state index contributed by atoms with van der Waals surface area (Å²) in [6.07, 6.45) is 0.00954. The summed E-state index contributed by atoms with van der Waals surface area (Å²) in [7, 11) is 3.19. The van der Waals surface area contributed by atoms with Crippen LogP contribution in [0.25, 0.3) is 0 Å². The predicted molar refractivity (Wildman–Crippen MR) is 139 cm³/mol. The molecule has 8 nitrogen and oxygen atoms in total. The van der Waals surface area contributed by atoms with Gasteiger partial charge in [0.2, 0.25) is 0 Å². The first-order valence-corrected chi connectivity index (χ1v) is 11.9. The van der Waals surface area contributed by atoms with Crippen LogP contribution in [0.3, 0.4) is 0 Å². The second-order valence-electron chi connectivity index (χ2n) is 8.37. The Kier molecular flexibility index (Phi) is 7.85. The number of carbonyl (C=O) groups excluding carboxylic acids is 2. The van der Waals surface area contributed by atoms with Gasteiger partial charge in [-0.2, -0.15) is 0 Å². The second-order valence-corrected chi connectivity index (χ2v) is 8.81. The Labute approximate surface area is 215 Å². The van der Waals surface area contributed by atoms with Crippen molar-refractivity contribution in [2.75, 3.05) is 31.4 Å². The summed E-state index contributed by atoms with van der Waals surface area (Å²) >= 11 is 5.98. The van der Waals surface area contributed by atoms with Crippen LogP contribution in [-0.2, 0) is 17.8 Å². The third kappa shape index (κ3) is 6.01. The molecule has 0 spiro atoms. The van der Waals surface area contributed by atoms with E-state index in [1.807, 2.05) is 24.3 Å². The highest BCUT2D eigenvalue weighted by Gasteiger charge is 2.28. The maximum Gasteiger partial charge on any atom is 0.323 e. The Bertz CT molecular complexity index is 1270. The number of halogens is 1. The number of carbonyl (C=O) groups is 2. The molecule has 1 atom stereocenters. The van der Waals surface area contributed by atoms with Gasteiger partial charge in [-0.3, -0.25) is 4.79 Å². The number of rotatable bonds is 7. The zero-order valence-electron chi connectivity index (χ0n) is 20.3. The number of anilines is 2. The van der Waals surface area contributed by atoms with Crippen LogP contribution in [0.4, 0.5) is 16.2 Å². The Hall–Kier alpha value is -3.91. The van der Waals surface area contributed by atoms with Crippen molar-refractivity contribution in [2.24, 2.45) is 0 Å². The number of nitrogens with one attached hydrogen (secondary N) is 2. The maximum absolute atomic E-state index is 13.0. The lowest BCUT2D eigenvalue weighted by atomic mass is 10.1. The summed E-state index contributed by atoms with van der Waals surface area (Å²) in [5, 5.41) is 6.10. The van der Waals surface area contributed by atoms with E-state index >= 15 is 0 Å². The van der Waals surface area contributed by atoms with E-state index < -0.39 is 12.1 Å². The lowest BCUT2D eigenvalue weighted by molar-refractivity contribution is -0.137. The Balaban J connectivity index is 1.46. The van der Waals surface area contributed by atoms with E-state index in [0.717, 1.165) is 11.1 Å². The molecule has 4 rings (SSSR count). The van der Waals surface area contributed by atoms with Gasteiger partial charge in [-0.25, -0.2) is 4.79 Å². The molecule has 9 heteroatoms. The van der Waals surface area contributed by atoms with Gasteiger partial charge in [-0.15, -0.1) is 0 Å². The number of amides is 3. The van der Waals surface area contributed by atoms with Gasteiger partial charge in [0.15, 0.2) is 17.6 Å². The first-order chi connectivity index (χ1) is 17.4. The van der Waals surface area contributed by atoms with Gasteiger partial charge in [0.1, 0.15) is 5.75 Å². The van der Waals surface area contributed by atoms with Gasteiger partial charge in [-0.1, -0.05) is 23.7 Å². The minimum absolute atomic E-state index is 0.0973. The van der Waals surface area contributed by atoms with Crippen molar-refractivity contribution in [1.29, 1.82) is 0 Å². The quantitative estimate of drug-likeness (QED) is 0.448. The normalized spacial score (nSPS) is 14.8. The largest absolute Gasteiger partial charge is 0.493 e. The van der Waals surface area contributed by atoms with Gasteiger partial charge in [0.25, 0.3) is 5.91 Å². The molecule has 2 N–H and O–H groups in total. The van der Waals surface area contributed by atoms with Crippen molar-refractivity contribution in [1.82, 2.24) is 4.90 Å². The molecule has 1 aliphatic rings. The van der Waals surface area contributed by atoms with Crippen molar-refractivity contribution in [3.8, 4) is 17.2 Å². The van der Waals surface area contributed by atoms with Crippen LogP contribution in [0, 0.1) is 0 Å². The number of urea groups is 1. The summed E-state index contributed by atoms with van der Waals surface area (Å²) < 4.78 is 16.6. The van der Waals surface area contributed by atoms with E-state index in [4.69, 9.17) is 25.8 Å². The standard InChI is InChI=1S/C27H28ClN3O5/c1-17-26(32)31(12-11-18-7-9-24(34-2)25(13-18)35-3)16-19-14-22(8-10-23(19)36-17)30-27(33)29-21-6-4-5-20(28)15-21/h4-10,13-15,17H,11-12,16H2,1-3H3,(H2,29,30,33). The first kappa shape index (κ1) is 25.2. The summed E-state index contributed by atoms with van der Waals surface area (Å²) in [5.41, 5.74) is 2.99. The molecule has 1 unspecified atom stereocenters. The van der Waals surface area contributed by atoms with Crippen molar-refractivity contribution < 1.29 is 23.8 Å². The van der Waals surface area contributed by atoms with Crippen LogP contribution in [0.5, 0.6) is 17.2 Å². The number of hydrogen-bond acceptors (Lipinski definition) is 5. The number of ether oxygens (including phenoxy) is 3. The lowest BCUT2D eigenvalue weighted by Crippen LogP contribution is -2.39. The molecule has 0 bridgehead atoms. The maximum atomic E-state index is 13.0. The first-order valence-electron chi connectivity index (χ1n) is 11.5. The molecular weight excluding hydrogens is 482 g/mol. The Morgan fingerprint density at radius 3 is 2.50 bits per heavy atom. The summed E-state index contributed by atoms with van der Waals surface area (Å²) in [6.45, 7) is 2.59. The smallest absolute Gasteiger partial charge is 0.323 e. The number of fused-ring (bicyclic) bond motifs is 1. The molecule has 36 heavy (non-hydrogen) atoms. The zero-order chi connectivity index (χ0) is 25.7. The van der Waals surface area contributed by atoms with Gasteiger partial charge in [0.05, 0.1) is 14.2 Å². The molecule has 0 radical (unpaired) electrons. The van der Waals surface area contributed by atoms with Crippen molar-refractivity contribution >= 4 is 34.9 Å². The average Bonchev–Trinajstić information content (AvgIpc) is 2.98. The molecule has 0 aliphatic carbocycles. The van der Waals surface area contributed by atoms with E-state index in [-0.39, 0.29) is 5.91 Å². The fourth-order valence-electron chi connectivity index (χ4n) is 4.03. The minimum Gasteiger partial charge on any atom is -0.493 e. The second kappa shape index (κ2) is 11.2. The summed E-state index contributed by atoms with van der Waals surface area (Å²) in [6, 6.07) is 17.6. The number of methoxy groups -OCH3 is 2. The Morgan fingerprint density at radius 1 is 1.03 bits per heavy atom. The van der Waals surface area contributed by atoms with Crippen LogP contribution >= 0.6 is 11.6 Å². The van der Waals surface area contributed by atoms with Gasteiger partial charge in [0, 0.05) is 35.1 Å². The van der Waals surface area contributed by atoms with Crippen molar-refractivity contribution in [3.05, 3.63) is 76.8 Å². The molecule has 0 saturated heterocycles. The molecule has 3 aromatic carbocycles. The topological polar surface area (TPSA) is 89.1 Å². The lowest BCUT2D eigenvalue weighted by Gasteiger charge is -2.22. The molecule has 0 aromatic heterocycles. The fraction of sp³-hybridized carbons (Fsp3) is 0.259. The summed E-state index contributed by atoms with van der Waals surface area (Å²) in [4.78, 5) is 27.3. The molecule has 188 valence electrons. The molecular formula is C27H28ClN3O5. The van der Waals surface area contributed by atoms with E-state index in [9.17, 15) is 9.59 Å². The van der Waals surface area contributed by atoms with E-state index in [2.05, 4.69) is 10.6 Å². The average molecular weight is 510 g/mol. The van der Waals surface area contributed by atoms with Crippen LogP contribution in [0.15, 0.2) is 60.7 Å². The highest BCUT2D eigenvalue weighted by atomic mass is 35.5. The van der Waals surface area contributed by atoms with E-state index in [1.165, 1.54) is 0 Å². The van der Waals surface area contributed by atoms with Crippen molar-refractivity contribution in [3.63, 3.8) is 0 Å². The van der Waals surface area contributed by atoms with Gasteiger partial charge in [-0.05, 0) is 67.4 Å². The van der Waals surface area contributed by atoms with Gasteiger partial charge < -0.3 is 29.7 Å². The monoisotopic (exact) mass is 509 g/mol. The molecule has 3 amide bonds. The zero-order valence-corrected chi connectivity index (χ0v) is 21.1. The van der Waals surface area contributed by atoms with Crippen LogP contribution in [0.2, 0.25) is 5.02 Å². The van der Waals surface area contributed by atoms with Crippen LogP contribution in [-0.4, -0.2) is 43.7 Å². The van der Waals surface area contributed by atoms with E-state index in [1.54, 1.807) is 62.4 Å². The number of nitrogens with zero attached hydrogens (tertiary/aromatic N) is 1. The highest BCUT2D eigenvalue weighted by molar-refractivity contribution is 6.30.